The van der Waals surface area contributed by atoms with Gasteiger partial charge in [0, 0.05) is 23.3 Å². The number of carbonyl (C=O) groups excluding carboxylic acids is 5. The van der Waals surface area contributed by atoms with Crippen LogP contribution in [-0.2, 0) is 9.59 Å². The molecule has 5 rings (SSSR count). The van der Waals surface area contributed by atoms with Gasteiger partial charge in [-0.2, -0.15) is 5.01 Å². The summed E-state index contributed by atoms with van der Waals surface area (Å²) in [5.41, 5.74) is 0.0608. The number of benzene rings is 3. The van der Waals surface area contributed by atoms with Crippen LogP contribution < -0.4 is 4.74 Å². The average molecular weight is 638 g/mol. The van der Waals surface area contributed by atoms with Crippen LogP contribution in [0, 0.1) is 27.9 Å². The number of amides is 3. The summed E-state index contributed by atoms with van der Waals surface area (Å²) in [5.74, 6) is -3.99. The molecule has 0 N–H and O–H groups in total. The first-order valence-corrected chi connectivity index (χ1v) is 14.4. The van der Waals surface area contributed by atoms with Crippen LogP contribution >= 0.6 is 23.2 Å². The molecule has 3 aromatic rings. The first kappa shape index (κ1) is 30.8. The number of nitro groups is 1. The Morgan fingerprint density at radius 3 is 2.14 bits per heavy atom. The van der Waals surface area contributed by atoms with Gasteiger partial charge in [-0.15, -0.1) is 0 Å². The third-order valence-electron chi connectivity index (χ3n) is 7.80. The zero-order valence-electron chi connectivity index (χ0n) is 23.3. The summed E-state index contributed by atoms with van der Waals surface area (Å²) in [6.45, 7) is 1.37. The maximum atomic E-state index is 13.7. The van der Waals surface area contributed by atoms with Crippen molar-refractivity contribution in [1.29, 1.82) is 0 Å². The standard InChI is InChI=1S/C31H25Cl2N3O8/c1-17-2-12-23-24(14-17)30(40)35(29(23)39)34(28(38)20-7-13-25(32)26(33)15-20)16-27(37)18-5-10-22(11-6-18)44-31(41)19-3-8-21(9-4-19)36(42)43/h3-11,13,15,17,23-24H,2,12,14,16H2,1H3/t17-,23-,24-/m1/s1. The summed E-state index contributed by atoms with van der Waals surface area (Å²) >= 11 is 12.1. The number of ketones is 1. The normalized spacial score (nSPS) is 19.3. The van der Waals surface area contributed by atoms with E-state index < -0.39 is 52.8 Å². The number of imide groups is 1. The number of ether oxygens (including phenoxy) is 1. The quantitative estimate of drug-likeness (QED) is 0.0754. The molecule has 1 aliphatic carbocycles. The number of hydrogen-bond donors (Lipinski definition) is 0. The third kappa shape index (κ3) is 6.20. The number of carbonyl (C=O) groups is 5. The molecule has 3 atom stereocenters. The summed E-state index contributed by atoms with van der Waals surface area (Å²) in [6, 6.07) is 14.4. The van der Waals surface area contributed by atoms with E-state index in [-0.39, 0.29) is 44.1 Å². The van der Waals surface area contributed by atoms with Gasteiger partial charge in [-0.3, -0.25) is 29.3 Å². The molecule has 44 heavy (non-hydrogen) atoms. The number of fused-ring (bicyclic) bond motifs is 1. The molecule has 0 radical (unpaired) electrons. The van der Waals surface area contributed by atoms with Crippen LogP contribution in [0.25, 0.3) is 0 Å². The number of nitro benzene ring substituents is 1. The second kappa shape index (κ2) is 12.6. The smallest absolute Gasteiger partial charge is 0.343 e. The molecule has 1 heterocycles. The van der Waals surface area contributed by atoms with E-state index in [9.17, 15) is 34.1 Å². The van der Waals surface area contributed by atoms with Gasteiger partial charge in [-0.1, -0.05) is 30.1 Å². The molecule has 0 spiro atoms. The molecule has 0 aromatic heterocycles. The van der Waals surface area contributed by atoms with Gasteiger partial charge in [0.15, 0.2) is 5.78 Å². The summed E-state index contributed by atoms with van der Waals surface area (Å²) < 4.78 is 5.30. The molecular formula is C31H25Cl2N3O8. The van der Waals surface area contributed by atoms with Gasteiger partial charge >= 0.3 is 5.97 Å². The fourth-order valence-electron chi connectivity index (χ4n) is 5.44. The Kier molecular flexibility index (Phi) is 8.80. The predicted molar refractivity (Wildman–Crippen MR) is 158 cm³/mol. The molecule has 3 amide bonds. The van der Waals surface area contributed by atoms with Gasteiger partial charge in [0.1, 0.15) is 12.3 Å². The lowest BCUT2D eigenvalue weighted by Gasteiger charge is -2.30. The molecule has 1 aliphatic heterocycles. The zero-order valence-corrected chi connectivity index (χ0v) is 24.8. The van der Waals surface area contributed by atoms with E-state index in [0.717, 1.165) is 16.4 Å². The Balaban J connectivity index is 1.36. The molecule has 1 saturated carbocycles. The van der Waals surface area contributed by atoms with Gasteiger partial charge in [-0.25, -0.2) is 9.80 Å². The number of esters is 1. The number of nitrogens with zero attached hydrogens (tertiary/aromatic N) is 3. The highest BCUT2D eigenvalue weighted by Gasteiger charge is 2.52. The van der Waals surface area contributed by atoms with Crippen LogP contribution in [0.15, 0.2) is 66.7 Å². The minimum Gasteiger partial charge on any atom is -0.423 e. The molecule has 0 bridgehead atoms. The molecule has 226 valence electrons. The van der Waals surface area contributed by atoms with E-state index in [1.54, 1.807) is 0 Å². The van der Waals surface area contributed by atoms with Crippen molar-refractivity contribution in [2.24, 2.45) is 17.8 Å². The first-order valence-electron chi connectivity index (χ1n) is 13.7. The molecule has 1 saturated heterocycles. The molecule has 11 nitrogen and oxygen atoms in total. The second-order valence-corrected chi connectivity index (χ2v) is 11.6. The molecule has 0 unspecified atom stereocenters. The highest BCUT2D eigenvalue weighted by Crippen LogP contribution is 2.41. The van der Waals surface area contributed by atoms with Crippen molar-refractivity contribution in [2.75, 3.05) is 6.54 Å². The Labute approximate surface area is 261 Å². The van der Waals surface area contributed by atoms with Crippen LogP contribution in [0.2, 0.25) is 10.0 Å². The van der Waals surface area contributed by atoms with Crippen molar-refractivity contribution in [1.82, 2.24) is 10.0 Å². The van der Waals surface area contributed by atoms with Crippen molar-refractivity contribution in [3.05, 3.63) is 104 Å². The number of Topliss-reactive ketones (excluding diaryl/α,β-unsaturated/α-hetero) is 1. The molecular weight excluding hydrogens is 613 g/mol. The number of hydrazine groups is 1. The lowest BCUT2D eigenvalue weighted by molar-refractivity contribution is -0.384. The number of rotatable bonds is 8. The zero-order chi connectivity index (χ0) is 31.7. The lowest BCUT2D eigenvalue weighted by atomic mass is 9.76. The van der Waals surface area contributed by atoms with Crippen molar-refractivity contribution in [3.63, 3.8) is 0 Å². The minimum atomic E-state index is -0.779. The van der Waals surface area contributed by atoms with Gasteiger partial charge in [-0.05, 0) is 79.8 Å². The minimum absolute atomic E-state index is 0.0320. The van der Waals surface area contributed by atoms with Gasteiger partial charge in [0.2, 0.25) is 0 Å². The monoisotopic (exact) mass is 637 g/mol. The van der Waals surface area contributed by atoms with E-state index >= 15 is 0 Å². The molecule has 13 heteroatoms. The summed E-state index contributed by atoms with van der Waals surface area (Å²) in [4.78, 5) is 76.8. The van der Waals surface area contributed by atoms with Crippen LogP contribution in [0.3, 0.4) is 0 Å². The predicted octanol–water partition coefficient (Wildman–Crippen LogP) is 5.78. The maximum Gasteiger partial charge on any atom is 0.343 e. The summed E-state index contributed by atoms with van der Waals surface area (Å²) in [7, 11) is 0. The number of halogens is 2. The Morgan fingerprint density at radius 1 is 0.886 bits per heavy atom. The van der Waals surface area contributed by atoms with Crippen molar-refractivity contribution >= 4 is 58.4 Å². The SMILES string of the molecule is C[C@@H]1CC[C@H]2C(=O)N(N(CC(=O)c3ccc(OC(=O)c4ccc([N+](=O)[O-])cc4)cc3)C(=O)c3ccc(Cl)c(Cl)c3)C(=O)[C@@H]2C1. The highest BCUT2D eigenvalue weighted by molar-refractivity contribution is 6.42. The summed E-state index contributed by atoms with van der Waals surface area (Å²) in [6.07, 6.45) is 1.79. The summed E-state index contributed by atoms with van der Waals surface area (Å²) in [5, 5.41) is 12.8. The molecule has 3 aromatic carbocycles. The van der Waals surface area contributed by atoms with Gasteiger partial charge < -0.3 is 4.74 Å². The van der Waals surface area contributed by atoms with E-state index in [1.165, 1.54) is 66.7 Å². The number of non-ortho nitro benzene ring substituents is 1. The van der Waals surface area contributed by atoms with Crippen LogP contribution in [0.1, 0.15) is 57.3 Å². The van der Waals surface area contributed by atoms with Gasteiger partial charge in [0.25, 0.3) is 23.4 Å². The largest absolute Gasteiger partial charge is 0.423 e. The van der Waals surface area contributed by atoms with Crippen molar-refractivity contribution in [3.8, 4) is 5.75 Å². The third-order valence-corrected chi connectivity index (χ3v) is 8.54. The fraction of sp³-hybridized carbons (Fsp3) is 0.258. The van der Waals surface area contributed by atoms with Crippen molar-refractivity contribution in [2.45, 2.75) is 26.2 Å². The molecule has 2 fully saturated rings. The Morgan fingerprint density at radius 2 is 1.50 bits per heavy atom. The van der Waals surface area contributed by atoms with E-state index in [2.05, 4.69) is 0 Å². The second-order valence-electron chi connectivity index (χ2n) is 10.8. The van der Waals surface area contributed by atoms with E-state index in [1.807, 2.05) is 6.92 Å². The maximum absolute atomic E-state index is 13.7. The Hall–Kier alpha value is -4.61. The Bertz CT molecular complexity index is 1680. The first-order chi connectivity index (χ1) is 20.9. The van der Waals surface area contributed by atoms with E-state index in [4.69, 9.17) is 27.9 Å². The van der Waals surface area contributed by atoms with E-state index in [0.29, 0.717) is 12.8 Å². The van der Waals surface area contributed by atoms with Crippen molar-refractivity contribution < 1.29 is 33.6 Å². The highest BCUT2D eigenvalue weighted by atomic mass is 35.5. The topological polar surface area (TPSA) is 144 Å². The van der Waals surface area contributed by atoms with Crippen LogP contribution in [0.5, 0.6) is 5.75 Å². The fourth-order valence-corrected chi connectivity index (χ4v) is 5.74. The number of hydrogen-bond acceptors (Lipinski definition) is 8. The average Bonchev–Trinajstić information content (AvgIpc) is 3.25. The van der Waals surface area contributed by atoms with Crippen LogP contribution in [0.4, 0.5) is 5.69 Å². The lowest BCUT2D eigenvalue weighted by Crippen LogP contribution is -2.52. The van der Waals surface area contributed by atoms with Crippen LogP contribution in [-0.4, -0.2) is 51.0 Å². The molecule has 2 aliphatic rings. The van der Waals surface area contributed by atoms with Gasteiger partial charge in [0.05, 0.1) is 32.4 Å².